The van der Waals surface area contributed by atoms with Gasteiger partial charge in [-0.15, -0.1) is 11.8 Å². The van der Waals surface area contributed by atoms with Gasteiger partial charge >= 0.3 is 12.1 Å². The molecule has 3 aromatic rings. The lowest BCUT2D eigenvalue weighted by atomic mass is 9.94. The lowest BCUT2D eigenvalue weighted by Gasteiger charge is -2.20. The van der Waals surface area contributed by atoms with Gasteiger partial charge in [0.05, 0.1) is 0 Å². The quantitative estimate of drug-likeness (QED) is 0.541. The first-order valence-corrected chi connectivity index (χ1v) is 11.7. The Morgan fingerprint density at radius 1 is 0.938 bits per heavy atom. The Bertz CT molecular complexity index is 1130. The molecule has 0 saturated carbocycles. The summed E-state index contributed by atoms with van der Waals surface area (Å²) in [7, 11) is 0. The molecule has 0 radical (unpaired) electrons. The van der Waals surface area contributed by atoms with Gasteiger partial charge in [-0.25, -0.2) is 9.59 Å². The highest BCUT2D eigenvalue weighted by molar-refractivity contribution is 7.99. The number of carbonyl (C=O) groups excluding carboxylic acids is 1. The van der Waals surface area contributed by atoms with Crippen LogP contribution in [0.15, 0.2) is 77.7 Å². The number of aliphatic carboxylic acids is 1. The van der Waals surface area contributed by atoms with Crippen molar-refractivity contribution in [2.75, 3.05) is 12.4 Å². The van der Waals surface area contributed by atoms with E-state index in [9.17, 15) is 14.7 Å². The van der Waals surface area contributed by atoms with Crippen LogP contribution < -0.4 is 5.32 Å². The molecular formula is C26H23NO4S. The van der Waals surface area contributed by atoms with E-state index in [-0.39, 0.29) is 18.4 Å². The van der Waals surface area contributed by atoms with E-state index >= 15 is 0 Å². The Morgan fingerprint density at radius 3 is 2.19 bits per heavy atom. The molecule has 0 aromatic heterocycles. The van der Waals surface area contributed by atoms with Crippen molar-refractivity contribution in [1.82, 2.24) is 5.32 Å². The molecule has 5 rings (SSSR count). The number of carbonyl (C=O) groups is 2. The molecule has 1 aliphatic carbocycles. The maximum atomic E-state index is 12.6. The van der Waals surface area contributed by atoms with E-state index in [1.165, 1.54) is 4.90 Å². The number of alkyl carbamates (subject to hydrolysis) is 1. The Labute approximate surface area is 190 Å². The van der Waals surface area contributed by atoms with E-state index in [1.54, 1.807) is 11.8 Å². The number of thioether (sulfide) groups is 1. The number of carboxylic acids is 1. The van der Waals surface area contributed by atoms with E-state index < -0.39 is 18.1 Å². The standard InChI is InChI=1S/C26H23NO4S/c28-25(29)23(13-16-15-32-24-12-6-5-7-17(16)24)27-26(30)31-14-22-20-10-3-1-8-18(20)19-9-2-4-11-21(19)22/h1-12,16,22-23H,13-15H2,(H,27,30)(H,28,29). The molecule has 2 atom stereocenters. The molecule has 5 nitrogen and oxygen atoms in total. The summed E-state index contributed by atoms with van der Waals surface area (Å²) in [4.78, 5) is 25.6. The number of carboxylic acid groups (broad SMARTS) is 1. The monoisotopic (exact) mass is 445 g/mol. The number of rotatable bonds is 6. The van der Waals surface area contributed by atoms with Crippen molar-refractivity contribution in [3.63, 3.8) is 0 Å². The van der Waals surface area contributed by atoms with Crippen molar-refractivity contribution in [2.24, 2.45) is 0 Å². The third-order valence-corrected chi connectivity index (χ3v) is 7.50. The zero-order chi connectivity index (χ0) is 22.1. The fourth-order valence-electron chi connectivity index (χ4n) is 4.71. The molecule has 0 fully saturated rings. The molecule has 32 heavy (non-hydrogen) atoms. The Kier molecular flexibility index (Phi) is 5.62. The van der Waals surface area contributed by atoms with Gasteiger partial charge in [-0.2, -0.15) is 0 Å². The molecule has 0 spiro atoms. The van der Waals surface area contributed by atoms with Gasteiger partial charge < -0.3 is 15.2 Å². The molecule has 6 heteroatoms. The first-order chi connectivity index (χ1) is 15.6. The smallest absolute Gasteiger partial charge is 0.407 e. The molecule has 2 N–H and O–H groups in total. The largest absolute Gasteiger partial charge is 0.480 e. The number of hydrogen-bond donors (Lipinski definition) is 2. The van der Waals surface area contributed by atoms with Crippen LogP contribution in [0.5, 0.6) is 0 Å². The summed E-state index contributed by atoms with van der Waals surface area (Å²) in [6, 6.07) is 23.3. The van der Waals surface area contributed by atoms with Gasteiger partial charge in [-0.3, -0.25) is 0 Å². The van der Waals surface area contributed by atoms with E-state index in [0.29, 0.717) is 6.42 Å². The van der Waals surface area contributed by atoms with Crippen molar-refractivity contribution in [3.05, 3.63) is 89.5 Å². The van der Waals surface area contributed by atoms with Crippen molar-refractivity contribution in [1.29, 1.82) is 0 Å². The van der Waals surface area contributed by atoms with Crippen LogP contribution in [0.4, 0.5) is 4.79 Å². The minimum atomic E-state index is -1.05. The second kappa shape index (κ2) is 8.71. The molecule has 1 heterocycles. The molecule has 3 aromatic carbocycles. The molecule has 162 valence electrons. The van der Waals surface area contributed by atoms with Crippen molar-refractivity contribution < 1.29 is 19.4 Å². The van der Waals surface area contributed by atoms with Gasteiger partial charge in [0, 0.05) is 16.6 Å². The molecular weight excluding hydrogens is 422 g/mol. The van der Waals surface area contributed by atoms with Gasteiger partial charge in [0.2, 0.25) is 0 Å². The third kappa shape index (κ3) is 3.86. The van der Waals surface area contributed by atoms with E-state index in [1.807, 2.05) is 42.5 Å². The minimum Gasteiger partial charge on any atom is -0.480 e. The molecule has 1 amide bonds. The van der Waals surface area contributed by atoms with Crippen LogP contribution in [-0.2, 0) is 9.53 Å². The molecule has 2 aliphatic rings. The Balaban J connectivity index is 1.25. The average molecular weight is 446 g/mol. The Morgan fingerprint density at radius 2 is 1.53 bits per heavy atom. The van der Waals surface area contributed by atoms with E-state index in [2.05, 4.69) is 35.6 Å². The average Bonchev–Trinajstić information content (AvgIpc) is 3.36. The number of fused-ring (bicyclic) bond motifs is 4. The summed E-state index contributed by atoms with van der Waals surface area (Å²) in [5.74, 6) is -0.205. The fourth-order valence-corrected chi connectivity index (χ4v) is 5.99. The highest BCUT2D eigenvalue weighted by Gasteiger charge is 2.32. The highest BCUT2D eigenvalue weighted by Crippen LogP contribution is 2.44. The number of nitrogens with one attached hydrogen (secondary N) is 1. The summed E-state index contributed by atoms with van der Waals surface area (Å²) >= 11 is 1.73. The van der Waals surface area contributed by atoms with Gasteiger partial charge in [0.1, 0.15) is 12.6 Å². The SMILES string of the molecule is O=C(NC(CC1CSc2ccccc21)C(=O)O)OCC1c2ccccc2-c2ccccc21. The van der Waals surface area contributed by atoms with Crippen molar-refractivity contribution >= 4 is 23.8 Å². The van der Waals surface area contributed by atoms with E-state index in [0.717, 1.165) is 33.6 Å². The fraction of sp³-hybridized carbons (Fsp3) is 0.231. The van der Waals surface area contributed by atoms with Gasteiger partial charge in [0.15, 0.2) is 0 Å². The van der Waals surface area contributed by atoms with Crippen LogP contribution in [0.25, 0.3) is 11.1 Å². The van der Waals surface area contributed by atoms with Crippen LogP contribution in [-0.4, -0.2) is 35.6 Å². The molecule has 0 bridgehead atoms. The molecule has 1 aliphatic heterocycles. The summed E-state index contributed by atoms with van der Waals surface area (Å²) in [6.45, 7) is 0.161. The molecule has 2 unspecified atom stereocenters. The van der Waals surface area contributed by atoms with Crippen molar-refractivity contribution in [3.8, 4) is 11.1 Å². The second-order valence-electron chi connectivity index (χ2n) is 8.14. The van der Waals surface area contributed by atoms with Crippen LogP contribution in [0.2, 0.25) is 0 Å². The van der Waals surface area contributed by atoms with Gasteiger partial charge in [-0.1, -0.05) is 66.7 Å². The summed E-state index contributed by atoms with van der Waals surface area (Å²) in [6.07, 6.45) is -0.359. The topological polar surface area (TPSA) is 75.6 Å². The van der Waals surface area contributed by atoms with Gasteiger partial charge in [-0.05, 0) is 46.2 Å². The predicted octanol–water partition coefficient (Wildman–Crippen LogP) is 5.26. The zero-order valence-corrected chi connectivity index (χ0v) is 18.2. The van der Waals surface area contributed by atoms with Crippen LogP contribution in [0.1, 0.15) is 34.9 Å². The number of amides is 1. The first-order valence-electron chi connectivity index (χ1n) is 10.7. The Hall–Kier alpha value is -3.25. The highest BCUT2D eigenvalue weighted by atomic mass is 32.2. The number of ether oxygens (including phenoxy) is 1. The summed E-state index contributed by atoms with van der Waals surface area (Å²) in [5, 5.41) is 12.3. The first kappa shape index (κ1) is 20.6. The molecule has 0 saturated heterocycles. The van der Waals surface area contributed by atoms with Crippen LogP contribution >= 0.6 is 11.8 Å². The van der Waals surface area contributed by atoms with Crippen molar-refractivity contribution in [2.45, 2.75) is 29.2 Å². The number of benzene rings is 3. The lowest BCUT2D eigenvalue weighted by Crippen LogP contribution is -2.42. The second-order valence-corrected chi connectivity index (χ2v) is 9.20. The minimum absolute atomic E-state index is 0.0606. The van der Waals surface area contributed by atoms with E-state index in [4.69, 9.17) is 4.74 Å². The maximum Gasteiger partial charge on any atom is 0.407 e. The summed E-state index contributed by atoms with van der Waals surface area (Å²) < 4.78 is 5.54. The summed E-state index contributed by atoms with van der Waals surface area (Å²) in [5.41, 5.74) is 5.70. The number of hydrogen-bond acceptors (Lipinski definition) is 4. The normalized spacial score (nSPS) is 17.2. The maximum absolute atomic E-state index is 12.6. The zero-order valence-electron chi connectivity index (χ0n) is 17.4. The predicted molar refractivity (Wildman–Crippen MR) is 124 cm³/mol. The van der Waals surface area contributed by atoms with Crippen LogP contribution in [0, 0.1) is 0 Å². The van der Waals surface area contributed by atoms with Gasteiger partial charge in [0.25, 0.3) is 0 Å². The lowest BCUT2D eigenvalue weighted by molar-refractivity contribution is -0.139. The third-order valence-electron chi connectivity index (χ3n) is 6.25. The van der Waals surface area contributed by atoms with Crippen LogP contribution in [0.3, 0.4) is 0 Å².